The maximum Gasteiger partial charge on any atom is 0.267 e. The number of rotatable bonds is 6. The van der Waals surface area contributed by atoms with Crippen LogP contribution in [0.2, 0.25) is 0 Å². The van der Waals surface area contributed by atoms with E-state index in [9.17, 15) is 9.59 Å². The van der Waals surface area contributed by atoms with Crippen LogP contribution in [0.1, 0.15) is 12.5 Å². The fourth-order valence-electron chi connectivity index (χ4n) is 3.98. The number of carbonyl (C=O) groups excluding carboxylic acids is 1. The van der Waals surface area contributed by atoms with Gasteiger partial charge in [-0.25, -0.2) is 4.57 Å². The van der Waals surface area contributed by atoms with Gasteiger partial charge in [0.05, 0.1) is 21.8 Å². The fraction of sp³-hybridized carbons (Fsp3) is 0.185. The second kappa shape index (κ2) is 9.50. The van der Waals surface area contributed by atoms with Crippen molar-refractivity contribution >= 4 is 45.7 Å². The summed E-state index contributed by atoms with van der Waals surface area (Å²) >= 11 is 1.30. The Hall–Kier alpha value is -4.11. The molecule has 0 spiro atoms. The number of aryl methyl sites for hydroxylation is 1. The number of aromatic nitrogens is 4. The van der Waals surface area contributed by atoms with Crippen LogP contribution >= 0.6 is 11.8 Å². The summed E-state index contributed by atoms with van der Waals surface area (Å²) < 4.78 is 3.41. The van der Waals surface area contributed by atoms with Gasteiger partial charge in [0.25, 0.3) is 5.56 Å². The topological polar surface area (TPSA) is 84.5 Å². The zero-order valence-electron chi connectivity index (χ0n) is 20.5. The molecule has 0 saturated carbocycles. The Morgan fingerprint density at radius 3 is 2.36 bits per heavy atom. The van der Waals surface area contributed by atoms with Crippen molar-refractivity contribution in [1.82, 2.24) is 19.2 Å². The molecule has 36 heavy (non-hydrogen) atoms. The van der Waals surface area contributed by atoms with Gasteiger partial charge in [0, 0.05) is 25.5 Å². The summed E-state index contributed by atoms with van der Waals surface area (Å²) in [6.45, 7) is 3.82. The zero-order chi connectivity index (χ0) is 25.4. The average molecular weight is 499 g/mol. The number of anilines is 2. The molecule has 1 amide bonds. The van der Waals surface area contributed by atoms with E-state index >= 15 is 0 Å². The Balaban J connectivity index is 1.51. The van der Waals surface area contributed by atoms with Gasteiger partial charge in [-0.1, -0.05) is 41.6 Å². The van der Waals surface area contributed by atoms with E-state index in [2.05, 4.69) is 15.5 Å². The largest absolute Gasteiger partial charge is 0.378 e. The summed E-state index contributed by atoms with van der Waals surface area (Å²) in [5.41, 5.74) is 4.10. The van der Waals surface area contributed by atoms with Gasteiger partial charge in [0.1, 0.15) is 0 Å². The quantitative estimate of drug-likeness (QED) is 0.347. The van der Waals surface area contributed by atoms with E-state index in [0.29, 0.717) is 27.5 Å². The van der Waals surface area contributed by atoms with E-state index in [4.69, 9.17) is 0 Å². The van der Waals surface area contributed by atoms with Crippen molar-refractivity contribution in [2.45, 2.75) is 24.3 Å². The highest BCUT2D eigenvalue weighted by Gasteiger charge is 2.22. The molecule has 0 aliphatic carbocycles. The van der Waals surface area contributed by atoms with Crippen LogP contribution in [0.4, 0.5) is 11.4 Å². The van der Waals surface area contributed by atoms with Crippen molar-refractivity contribution in [3.8, 4) is 5.69 Å². The van der Waals surface area contributed by atoms with Crippen LogP contribution < -0.4 is 15.8 Å². The number of amides is 1. The molecule has 5 aromatic rings. The van der Waals surface area contributed by atoms with Gasteiger partial charge in [-0.3, -0.25) is 14.0 Å². The van der Waals surface area contributed by atoms with E-state index in [-0.39, 0.29) is 11.5 Å². The predicted molar refractivity (Wildman–Crippen MR) is 146 cm³/mol. The van der Waals surface area contributed by atoms with Crippen LogP contribution in [-0.4, -0.2) is 44.4 Å². The molecule has 0 saturated heterocycles. The number of carbonyl (C=O) groups is 1. The molecule has 8 nitrogen and oxygen atoms in total. The number of hydrogen-bond donors (Lipinski definition) is 1. The molecule has 0 aliphatic rings. The van der Waals surface area contributed by atoms with Gasteiger partial charge in [0.15, 0.2) is 5.16 Å². The monoisotopic (exact) mass is 498 g/mol. The van der Waals surface area contributed by atoms with Gasteiger partial charge in [0.2, 0.25) is 11.7 Å². The summed E-state index contributed by atoms with van der Waals surface area (Å²) in [5.74, 6) is 0.252. The standard InChI is InChI=1S/C27H26N6O2S/c1-17-9-13-21(14-10-17)32-25(35)22-7-5-6-8-23(22)33-26(32)29-30-27(33)36-18(2)24(34)28-19-11-15-20(16-12-19)31(3)4/h5-16,18H,1-4H3,(H,28,34). The molecule has 5 rings (SSSR count). The number of thioether (sulfide) groups is 1. The number of para-hydroxylation sites is 1. The van der Waals surface area contributed by atoms with Gasteiger partial charge >= 0.3 is 0 Å². The maximum absolute atomic E-state index is 13.4. The van der Waals surface area contributed by atoms with Gasteiger partial charge in [-0.05, 0) is 62.4 Å². The Bertz CT molecular complexity index is 1620. The molecule has 3 aromatic carbocycles. The third-order valence-electron chi connectivity index (χ3n) is 5.99. The highest BCUT2D eigenvalue weighted by molar-refractivity contribution is 8.00. The summed E-state index contributed by atoms with van der Waals surface area (Å²) in [7, 11) is 3.94. The molecule has 0 radical (unpaired) electrons. The van der Waals surface area contributed by atoms with E-state index in [1.54, 1.807) is 10.6 Å². The predicted octanol–water partition coefficient (Wildman–Crippen LogP) is 4.53. The molecule has 2 heterocycles. The third-order valence-corrected chi connectivity index (χ3v) is 7.03. The van der Waals surface area contributed by atoms with E-state index < -0.39 is 5.25 Å². The van der Waals surface area contributed by atoms with Crippen LogP contribution in [0.25, 0.3) is 22.4 Å². The van der Waals surface area contributed by atoms with Crippen molar-refractivity contribution in [3.63, 3.8) is 0 Å². The van der Waals surface area contributed by atoms with Crippen molar-refractivity contribution < 1.29 is 4.79 Å². The number of fused-ring (bicyclic) bond motifs is 3. The first-order valence-electron chi connectivity index (χ1n) is 11.5. The number of benzene rings is 3. The maximum atomic E-state index is 13.4. The molecule has 0 fully saturated rings. The third kappa shape index (κ3) is 4.33. The van der Waals surface area contributed by atoms with Crippen molar-refractivity contribution in [3.05, 3.63) is 88.7 Å². The molecule has 9 heteroatoms. The second-order valence-corrected chi connectivity index (χ2v) is 10.1. The first-order chi connectivity index (χ1) is 17.3. The highest BCUT2D eigenvalue weighted by atomic mass is 32.2. The lowest BCUT2D eigenvalue weighted by Gasteiger charge is -2.15. The van der Waals surface area contributed by atoms with Crippen molar-refractivity contribution in [2.75, 3.05) is 24.3 Å². The summed E-state index contributed by atoms with van der Waals surface area (Å²) in [5, 5.41) is 12.3. The van der Waals surface area contributed by atoms with Crippen LogP contribution in [0.3, 0.4) is 0 Å². The SMILES string of the molecule is Cc1ccc(-n2c(=O)c3ccccc3n3c(SC(C)C(=O)Nc4ccc(N(C)C)cc4)nnc23)cc1. The molecular formula is C27H26N6O2S. The zero-order valence-corrected chi connectivity index (χ0v) is 21.3. The minimum Gasteiger partial charge on any atom is -0.378 e. The molecule has 1 unspecified atom stereocenters. The van der Waals surface area contributed by atoms with Crippen LogP contribution in [-0.2, 0) is 4.79 Å². The summed E-state index contributed by atoms with van der Waals surface area (Å²) in [4.78, 5) is 28.4. The Morgan fingerprint density at radius 1 is 0.972 bits per heavy atom. The molecule has 0 bridgehead atoms. The number of nitrogens with one attached hydrogen (secondary N) is 1. The lowest BCUT2D eigenvalue weighted by atomic mass is 10.2. The molecule has 1 N–H and O–H groups in total. The molecule has 1 atom stereocenters. The number of hydrogen-bond acceptors (Lipinski definition) is 6. The molecular weight excluding hydrogens is 472 g/mol. The van der Waals surface area contributed by atoms with E-state index in [1.165, 1.54) is 11.8 Å². The van der Waals surface area contributed by atoms with Gasteiger partial charge < -0.3 is 10.2 Å². The fourth-order valence-corrected chi connectivity index (χ4v) is 4.84. The normalized spacial score (nSPS) is 12.1. The average Bonchev–Trinajstić information content (AvgIpc) is 3.28. The molecule has 0 aliphatic heterocycles. The highest BCUT2D eigenvalue weighted by Crippen LogP contribution is 2.27. The molecule has 2 aromatic heterocycles. The Morgan fingerprint density at radius 2 is 1.67 bits per heavy atom. The van der Waals surface area contributed by atoms with Crippen LogP contribution in [0.15, 0.2) is 82.7 Å². The van der Waals surface area contributed by atoms with E-state index in [1.807, 2.05) is 104 Å². The van der Waals surface area contributed by atoms with Crippen LogP contribution in [0, 0.1) is 6.92 Å². The molecule has 182 valence electrons. The minimum atomic E-state index is -0.454. The van der Waals surface area contributed by atoms with Gasteiger partial charge in [-0.15, -0.1) is 10.2 Å². The number of nitrogens with zero attached hydrogens (tertiary/aromatic N) is 5. The van der Waals surface area contributed by atoms with Crippen molar-refractivity contribution in [1.29, 1.82) is 0 Å². The van der Waals surface area contributed by atoms with Gasteiger partial charge in [-0.2, -0.15) is 0 Å². The van der Waals surface area contributed by atoms with Crippen LogP contribution in [0.5, 0.6) is 0 Å². The lowest BCUT2D eigenvalue weighted by molar-refractivity contribution is -0.115. The second-order valence-electron chi connectivity index (χ2n) is 8.80. The van der Waals surface area contributed by atoms with E-state index in [0.717, 1.165) is 16.9 Å². The first-order valence-corrected chi connectivity index (χ1v) is 12.4. The lowest BCUT2D eigenvalue weighted by Crippen LogP contribution is -2.23. The Kier molecular flexibility index (Phi) is 6.24. The smallest absolute Gasteiger partial charge is 0.267 e. The van der Waals surface area contributed by atoms with Crippen molar-refractivity contribution in [2.24, 2.45) is 0 Å². The summed E-state index contributed by atoms with van der Waals surface area (Å²) in [6.07, 6.45) is 0. The first kappa shape index (κ1) is 23.6. The minimum absolute atomic E-state index is 0.148. The Labute approximate surface area is 212 Å². The summed E-state index contributed by atoms with van der Waals surface area (Å²) in [6, 6.07) is 22.7.